The number of para-hydroxylation sites is 1. The Morgan fingerprint density at radius 1 is 1.00 bits per heavy atom. The van der Waals surface area contributed by atoms with Gasteiger partial charge in [0.25, 0.3) is 0 Å². The van der Waals surface area contributed by atoms with Gasteiger partial charge in [0.2, 0.25) is 0 Å². The molecule has 0 radical (unpaired) electrons. The van der Waals surface area contributed by atoms with Crippen molar-refractivity contribution in [2.45, 2.75) is 39.7 Å². The second-order valence-corrected chi connectivity index (χ2v) is 5.58. The van der Waals surface area contributed by atoms with Crippen LogP contribution < -0.4 is 10.6 Å². The molecule has 1 unspecified atom stereocenters. The molecule has 0 aliphatic heterocycles. The van der Waals surface area contributed by atoms with E-state index in [1.807, 2.05) is 0 Å². The van der Waals surface area contributed by atoms with E-state index >= 15 is 0 Å². The monoisotopic (exact) mass is 282 g/mol. The van der Waals surface area contributed by atoms with Gasteiger partial charge >= 0.3 is 0 Å². The maximum atomic E-state index is 6.16. The molecule has 1 atom stereocenters. The van der Waals surface area contributed by atoms with Crippen molar-refractivity contribution in [2.75, 3.05) is 11.4 Å². The van der Waals surface area contributed by atoms with Crippen molar-refractivity contribution in [1.29, 1.82) is 0 Å². The summed E-state index contributed by atoms with van der Waals surface area (Å²) < 4.78 is 0. The fraction of sp³-hybridized carbons (Fsp3) is 0.368. The smallest absolute Gasteiger partial charge is 0.0443 e. The second-order valence-electron chi connectivity index (χ2n) is 5.58. The van der Waals surface area contributed by atoms with E-state index in [0.29, 0.717) is 0 Å². The van der Waals surface area contributed by atoms with E-state index in [-0.39, 0.29) is 6.04 Å². The number of hydrogen-bond donors (Lipinski definition) is 1. The van der Waals surface area contributed by atoms with Gasteiger partial charge in [-0.2, -0.15) is 0 Å². The average Bonchev–Trinajstić information content (AvgIpc) is 2.51. The Hall–Kier alpha value is -1.80. The summed E-state index contributed by atoms with van der Waals surface area (Å²) in [6.07, 6.45) is 1.93. The molecule has 2 aromatic rings. The summed E-state index contributed by atoms with van der Waals surface area (Å²) in [6.45, 7) is 7.40. The van der Waals surface area contributed by atoms with Crippen molar-refractivity contribution in [3.8, 4) is 0 Å². The summed E-state index contributed by atoms with van der Waals surface area (Å²) in [7, 11) is 0. The molecule has 0 heterocycles. The predicted molar refractivity (Wildman–Crippen MR) is 92.3 cm³/mol. The Morgan fingerprint density at radius 3 is 2.29 bits per heavy atom. The molecule has 2 heteroatoms. The molecule has 0 spiro atoms. The minimum Gasteiger partial charge on any atom is -0.342 e. The lowest BCUT2D eigenvalue weighted by atomic mass is 10.0. The predicted octanol–water partition coefficient (Wildman–Crippen LogP) is 4.43. The number of hydrogen-bond acceptors (Lipinski definition) is 2. The Kier molecular flexibility index (Phi) is 5.40. The number of rotatable bonds is 6. The lowest BCUT2D eigenvalue weighted by molar-refractivity contribution is 0.646. The number of nitrogens with zero attached hydrogens (tertiary/aromatic N) is 1. The first-order chi connectivity index (χ1) is 10.2. The average molecular weight is 282 g/mol. The van der Waals surface area contributed by atoms with Crippen LogP contribution in [0.3, 0.4) is 0 Å². The van der Waals surface area contributed by atoms with Gasteiger partial charge < -0.3 is 10.6 Å². The third-order valence-electron chi connectivity index (χ3n) is 3.95. The van der Waals surface area contributed by atoms with Gasteiger partial charge in [0.15, 0.2) is 0 Å². The summed E-state index contributed by atoms with van der Waals surface area (Å²) in [6, 6.07) is 17.5. The topological polar surface area (TPSA) is 29.3 Å². The molecule has 112 valence electrons. The molecule has 0 saturated carbocycles. The minimum absolute atomic E-state index is 0.225. The van der Waals surface area contributed by atoms with Crippen LogP contribution in [0.5, 0.6) is 0 Å². The van der Waals surface area contributed by atoms with E-state index in [1.165, 1.54) is 22.5 Å². The van der Waals surface area contributed by atoms with E-state index in [2.05, 4.69) is 74.2 Å². The molecule has 21 heavy (non-hydrogen) atoms. The number of anilines is 2. The Morgan fingerprint density at radius 2 is 1.67 bits per heavy atom. The summed E-state index contributed by atoms with van der Waals surface area (Å²) in [5, 5.41) is 0. The van der Waals surface area contributed by atoms with Crippen LogP contribution in [-0.4, -0.2) is 12.6 Å². The molecule has 0 fully saturated rings. The highest BCUT2D eigenvalue weighted by Gasteiger charge is 2.13. The van der Waals surface area contributed by atoms with Gasteiger partial charge in [-0.25, -0.2) is 0 Å². The standard InChI is InChI=1S/C19H26N2/c1-4-17(20)14-16-8-6-7-9-19(16)21(5-2)18-12-10-15(3)11-13-18/h6-13,17H,4-5,14,20H2,1-3H3. The Labute approximate surface area is 128 Å². The molecule has 2 nitrogen and oxygen atoms in total. The summed E-state index contributed by atoms with van der Waals surface area (Å²) in [5.41, 5.74) is 11.3. The van der Waals surface area contributed by atoms with Gasteiger partial charge in [-0.1, -0.05) is 42.8 Å². The highest BCUT2D eigenvalue weighted by Crippen LogP contribution is 2.29. The van der Waals surface area contributed by atoms with Gasteiger partial charge in [0.1, 0.15) is 0 Å². The van der Waals surface area contributed by atoms with Crippen molar-refractivity contribution in [3.05, 3.63) is 59.7 Å². The van der Waals surface area contributed by atoms with Gasteiger partial charge in [-0.15, -0.1) is 0 Å². The first-order valence-corrected chi connectivity index (χ1v) is 7.83. The molecular formula is C19H26N2. The van der Waals surface area contributed by atoms with Crippen LogP contribution >= 0.6 is 0 Å². The maximum Gasteiger partial charge on any atom is 0.0443 e. The van der Waals surface area contributed by atoms with Crippen LogP contribution in [0.25, 0.3) is 0 Å². The fourth-order valence-electron chi connectivity index (χ4n) is 2.59. The minimum atomic E-state index is 0.225. The quantitative estimate of drug-likeness (QED) is 0.849. The van der Waals surface area contributed by atoms with E-state index in [1.54, 1.807) is 0 Å². The highest BCUT2D eigenvalue weighted by atomic mass is 15.1. The van der Waals surface area contributed by atoms with E-state index in [4.69, 9.17) is 5.73 Å². The zero-order valence-corrected chi connectivity index (χ0v) is 13.3. The van der Waals surface area contributed by atoms with Crippen LogP contribution in [0.1, 0.15) is 31.4 Å². The SMILES string of the molecule is CCC(N)Cc1ccccc1N(CC)c1ccc(C)cc1. The van der Waals surface area contributed by atoms with Crippen LogP contribution in [-0.2, 0) is 6.42 Å². The molecule has 2 N–H and O–H groups in total. The Bertz CT molecular complexity index is 560. The van der Waals surface area contributed by atoms with Crippen molar-refractivity contribution in [3.63, 3.8) is 0 Å². The molecule has 2 aromatic carbocycles. The molecule has 0 aliphatic carbocycles. The zero-order valence-electron chi connectivity index (χ0n) is 13.3. The largest absolute Gasteiger partial charge is 0.342 e. The second kappa shape index (κ2) is 7.28. The third kappa shape index (κ3) is 3.85. The molecule has 0 saturated heterocycles. The first-order valence-electron chi connectivity index (χ1n) is 7.83. The van der Waals surface area contributed by atoms with E-state index in [0.717, 1.165) is 19.4 Å². The van der Waals surface area contributed by atoms with Crippen molar-refractivity contribution in [1.82, 2.24) is 0 Å². The fourth-order valence-corrected chi connectivity index (χ4v) is 2.59. The van der Waals surface area contributed by atoms with E-state index in [9.17, 15) is 0 Å². The Balaban J connectivity index is 2.35. The summed E-state index contributed by atoms with van der Waals surface area (Å²) in [4.78, 5) is 2.36. The molecule has 0 aromatic heterocycles. The van der Waals surface area contributed by atoms with Crippen LogP contribution in [0.15, 0.2) is 48.5 Å². The van der Waals surface area contributed by atoms with Gasteiger partial charge in [-0.05, 0) is 50.5 Å². The summed E-state index contributed by atoms with van der Waals surface area (Å²) in [5.74, 6) is 0. The number of aryl methyl sites for hydroxylation is 1. The van der Waals surface area contributed by atoms with E-state index < -0.39 is 0 Å². The van der Waals surface area contributed by atoms with Crippen LogP contribution in [0.2, 0.25) is 0 Å². The maximum absolute atomic E-state index is 6.16. The van der Waals surface area contributed by atoms with Gasteiger partial charge in [-0.3, -0.25) is 0 Å². The molecule has 0 amide bonds. The third-order valence-corrected chi connectivity index (χ3v) is 3.95. The number of nitrogens with two attached hydrogens (primary N) is 1. The first kappa shape index (κ1) is 15.6. The molecule has 0 bridgehead atoms. The lowest BCUT2D eigenvalue weighted by Gasteiger charge is -2.27. The summed E-state index contributed by atoms with van der Waals surface area (Å²) >= 11 is 0. The van der Waals surface area contributed by atoms with Crippen molar-refractivity contribution >= 4 is 11.4 Å². The zero-order chi connectivity index (χ0) is 15.2. The molecular weight excluding hydrogens is 256 g/mol. The molecule has 2 rings (SSSR count). The highest BCUT2D eigenvalue weighted by molar-refractivity contribution is 5.66. The lowest BCUT2D eigenvalue weighted by Crippen LogP contribution is -2.24. The normalized spacial score (nSPS) is 12.2. The van der Waals surface area contributed by atoms with Crippen LogP contribution in [0, 0.1) is 6.92 Å². The number of benzene rings is 2. The molecule has 0 aliphatic rings. The van der Waals surface area contributed by atoms with Crippen molar-refractivity contribution in [2.24, 2.45) is 5.73 Å². The van der Waals surface area contributed by atoms with Gasteiger partial charge in [0, 0.05) is 24.0 Å². The van der Waals surface area contributed by atoms with Crippen LogP contribution in [0.4, 0.5) is 11.4 Å². The van der Waals surface area contributed by atoms with Gasteiger partial charge in [0.05, 0.1) is 0 Å². The van der Waals surface area contributed by atoms with Crippen molar-refractivity contribution < 1.29 is 0 Å².